The minimum atomic E-state index is -0.290. The molecule has 0 radical (unpaired) electrons. The first-order valence-electron chi connectivity index (χ1n) is 5.30. The van der Waals surface area contributed by atoms with Crippen LogP contribution in [-0.4, -0.2) is 12.3 Å². The second-order valence-corrected chi connectivity index (χ2v) is 3.84. The van der Waals surface area contributed by atoms with Crippen molar-refractivity contribution in [3.05, 3.63) is 47.5 Å². The summed E-state index contributed by atoms with van der Waals surface area (Å²) in [5, 5.41) is 2.03. The monoisotopic (exact) mass is 228 g/mol. The number of rotatable bonds is 3. The van der Waals surface area contributed by atoms with Crippen LogP contribution in [0.3, 0.4) is 0 Å². The highest BCUT2D eigenvalue weighted by Gasteiger charge is 2.00. The van der Waals surface area contributed by atoms with E-state index in [2.05, 4.69) is 0 Å². The van der Waals surface area contributed by atoms with E-state index < -0.39 is 0 Å². The second-order valence-electron chi connectivity index (χ2n) is 3.84. The van der Waals surface area contributed by atoms with Gasteiger partial charge in [-0.25, -0.2) is 0 Å². The Balaban J connectivity index is 2.31. The molecule has 3 nitrogen and oxygen atoms in total. The molecule has 0 heterocycles. The average Bonchev–Trinajstić information content (AvgIpc) is 2.35. The number of fused-ring (bicyclic) bond motifs is 1. The molecule has 0 aliphatic carbocycles. The van der Waals surface area contributed by atoms with E-state index in [4.69, 9.17) is 4.74 Å². The molecule has 0 amide bonds. The molecule has 2 aromatic rings. The topological polar surface area (TPSA) is 43.4 Å². The Morgan fingerprint density at radius 3 is 2.59 bits per heavy atom. The predicted molar refractivity (Wildman–Crippen MR) is 64.8 cm³/mol. The summed E-state index contributed by atoms with van der Waals surface area (Å²) in [6, 6.07) is 11.2. The van der Waals surface area contributed by atoms with Crippen LogP contribution in [-0.2, 0) is 16.1 Å². The maximum atomic E-state index is 10.7. The zero-order valence-electron chi connectivity index (χ0n) is 9.47. The number of aldehydes is 1. The molecule has 2 rings (SSSR count). The van der Waals surface area contributed by atoms with E-state index >= 15 is 0 Å². The third kappa shape index (κ3) is 2.69. The van der Waals surface area contributed by atoms with Gasteiger partial charge in [0.1, 0.15) is 12.9 Å². The molecule has 2 aromatic carbocycles. The molecular formula is C14H12O3. The zero-order valence-corrected chi connectivity index (χ0v) is 9.47. The maximum Gasteiger partial charge on any atom is 0.302 e. The fourth-order valence-corrected chi connectivity index (χ4v) is 1.66. The fourth-order valence-electron chi connectivity index (χ4n) is 1.66. The lowest BCUT2D eigenvalue weighted by atomic mass is 10.1. The van der Waals surface area contributed by atoms with E-state index in [-0.39, 0.29) is 12.6 Å². The highest BCUT2D eigenvalue weighted by Crippen LogP contribution is 2.17. The molecule has 0 saturated heterocycles. The second kappa shape index (κ2) is 4.78. The third-order valence-corrected chi connectivity index (χ3v) is 2.51. The molecule has 0 aliphatic heterocycles. The largest absolute Gasteiger partial charge is 0.461 e. The van der Waals surface area contributed by atoms with Crippen LogP contribution >= 0.6 is 0 Å². The lowest BCUT2D eigenvalue weighted by Gasteiger charge is -2.04. The molecule has 0 fully saturated rings. The normalized spacial score (nSPS) is 10.2. The first-order valence-corrected chi connectivity index (χ1v) is 5.30. The molecule has 0 spiro atoms. The molecule has 0 atom stereocenters. The summed E-state index contributed by atoms with van der Waals surface area (Å²) < 4.78 is 4.93. The maximum absolute atomic E-state index is 10.7. The number of hydrogen-bond donors (Lipinski definition) is 0. The van der Waals surface area contributed by atoms with Gasteiger partial charge in [0.25, 0.3) is 0 Å². The average molecular weight is 228 g/mol. The van der Waals surface area contributed by atoms with Crippen LogP contribution in [0.4, 0.5) is 0 Å². The molecule has 0 unspecified atom stereocenters. The van der Waals surface area contributed by atoms with Gasteiger partial charge in [0.15, 0.2) is 0 Å². The lowest BCUT2D eigenvalue weighted by molar-refractivity contribution is -0.142. The van der Waals surface area contributed by atoms with Gasteiger partial charge < -0.3 is 4.74 Å². The Kier molecular flexibility index (Phi) is 3.19. The number of carbonyl (C=O) groups excluding carboxylic acids is 2. The van der Waals surface area contributed by atoms with Crippen molar-refractivity contribution in [2.24, 2.45) is 0 Å². The smallest absolute Gasteiger partial charge is 0.302 e. The standard InChI is InChI=1S/C14H12O3/c1-10(16)17-9-12-3-5-13-6-11(8-15)2-4-14(13)7-12/h2-8H,9H2,1H3. The van der Waals surface area contributed by atoms with Crippen molar-refractivity contribution in [2.75, 3.05) is 0 Å². The third-order valence-electron chi connectivity index (χ3n) is 2.51. The summed E-state index contributed by atoms with van der Waals surface area (Å²) in [5.74, 6) is -0.290. The highest BCUT2D eigenvalue weighted by molar-refractivity contribution is 5.89. The van der Waals surface area contributed by atoms with Gasteiger partial charge in [0.05, 0.1) is 0 Å². The van der Waals surface area contributed by atoms with E-state index in [0.717, 1.165) is 22.6 Å². The predicted octanol–water partition coefficient (Wildman–Crippen LogP) is 2.72. The molecular weight excluding hydrogens is 216 g/mol. The summed E-state index contributed by atoms with van der Waals surface area (Å²) in [6.07, 6.45) is 0.826. The Bertz CT molecular complexity index is 573. The van der Waals surface area contributed by atoms with Crippen LogP contribution in [0.5, 0.6) is 0 Å². The number of hydrogen-bond acceptors (Lipinski definition) is 3. The van der Waals surface area contributed by atoms with Gasteiger partial charge in [-0.15, -0.1) is 0 Å². The van der Waals surface area contributed by atoms with E-state index in [1.165, 1.54) is 6.92 Å². The number of benzene rings is 2. The van der Waals surface area contributed by atoms with Crippen LogP contribution in [0.1, 0.15) is 22.8 Å². The van der Waals surface area contributed by atoms with Gasteiger partial charge >= 0.3 is 5.97 Å². The lowest BCUT2D eigenvalue weighted by Crippen LogP contribution is -1.98. The van der Waals surface area contributed by atoms with Crippen LogP contribution < -0.4 is 0 Å². The van der Waals surface area contributed by atoms with Crippen molar-refractivity contribution in [3.63, 3.8) is 0 Å². The molecule has 0 bridgehead atoms. The summed E-state index contributed by atoms with van der Waals surface area (Å²) >= 11 is 0. The van der Waals surface area contributed by atoms with Gasteiger partial charge in [-0.2, -0.15) is 0 Å². The van der Waals surface area contributed by atoms with E-state index in [1.807, 2.05) is 30.3 Å². The van der Waals surface area contributed by atoms with Crippen molar-refractivity contribution >= 4 is 23.0 Å². The van der Waals surface area contributed by atoms with Crippen molar-refractivity contribution in [1.82, 2.24) is 0 Å². The zero-order chi connectivity index (χ0) is 12.3. The SMILES string of the molecule is CC(=O)OCc1ccc2cc(C=O)ccc2c1. The molecule has 0 N–H and O–H groups in total. The first-order chi connectivity index (χ1) is 8.19. The minimum Gasteiger partial charge on any atom is -0.461 e. The van der Waals surface area contributed by atoms with Crippen molar-refractivity contribution in [2.45, 2.75) is 13.5 Å². The molecule has 17 heavy (non-hydrogen) atoms. The fraction of sp³-hybridized carbons (Fsp3) is 0.143. The van der Waals surface area contributed by atoms with Gasteiger partial charge in [-0.05, 0) is 28.5 Å². The summed E-state index contributed by atoms with van der Waals surface area (Å²) in [4.78, 5) is 21.3. The number of carbonyl (C=O) groups is 2. The van der Waals surface area contributed by atoms with Gasteiger partial charge in [0, 0.05) is 12.5 Å². The Morgan fingerprint density at radius 1 is 1.18 bits per heavy atom. The van der Waals surface area contributed by atoms with Crippen LogP contribution in [0.2, 0.25) is 0 Å². The molecule has 0 aromatic heterocycles. The van der Waals surface area contributed by atoms with Crippen molar-refractivity contribution in [3.8, 4) is 0 Å². The van der Waals surface area contributed by atoms with Crippen LogP contribution in [0.15, 0.2) is 36.4 Å². The van der Waals surface area contributed by atoms with Crippen LogP contribution in [0.25, 0.3) is 10.8 Å². The quantitative estimate of drug-likeness (QED) is 0.599. The minimum absolute atomic E-state index is 0.278. The summed E-state index contributed by atoms with van der Waals surface area (Å²) in [7, 11) is 0. The first kappa shape index (κ1) is 11.3. The van der Waals surface area contributed by atoms with Crippen molar-refractivity contribution in [1.29, 1.82) is 0 Å². The Morgan fingerprint density at radius 2 is 1.88 bits per heavy atom. The van der Waals surface area contributed by atoms with Gasteiger partial charge in [-0.1, -0.05) is 24.3 Å². The Hall–Kier alpha value is -2.16. The molecule has 0 aliphatic rings. The summed E-state index contributed by atoms with van der Waals surface area (Å²) in [6.45, 7) is 1.66. The van der Waals surface area contributed by atoms with E-state index in [9.17, 15) is 9.59 Å². The highest BCUT2D eigenvalue weighted by atomic mass is 16.5. The molecule has 86 valence electrons. The van der Waals surface area contributed by atoms with E-state index in [1.54, 1.807) is 6.07 Å². The molecule has 3 heteroatoms. The Labute approximate surface area is 99.0 Å². The van der Waals surface area contributed by atoms with Gasteiger partial charge in [-0.3, -0.25) is 9.59 Å². The van der Waals surface area contributed by atoms with Crippen LogP contribution in [0, 0.1) is 0 Å². The summed E-state index contributed by atoms with van der Waals surface area (Å²) in [5.41, 5.74) is 1.59. The van der Waals surface area contributed by atoms with Crippen molar-refractivity contribution < 1.29 is 14.3 Å². The number of esters is 1. The molecule has 0 saturated carbocycles. The van der Waals surface area contributed by atoms with Gasteiger partial charge in [0.2, 0.25) is 0 Å². The van der Waals surface area contributed by atoms with E-state index in [0.29, 0.717) is 5.56 Å². The number of ether oxygens (including phenoxy) is 1.